The zero-order valence-corrected chi connectivity index (χ0v) is 12.9. The highest BCUT2D eigenvalue weighted by atomic mass is 32.2. The Morgan fingerprint density at radius 1 is 1.42 bits per heavy atom. The fourth-order valence-corrected chi connectivity index (χ4v) is 3.25. The average Bonchev–Trinajstić information content (AvgIpc) is 2.49. The Morgan fingerprint density at radius 2 is 2.16 bits per heavy atom. The molecule has 2 rings (SSSR count). The highest BCUT2D eigenvalue weighted by Crippen LogP contribution is 2.26. The molecule has 1 aliphatic heterocycles. The molecule has 1 aliphatic rings. The van der Waals surface area contributed by atoms with Gasteiger partial charge in [0, 0.05) is 44.2 Å². The number of aliphatic hydroxyl groups excluding tert-OH is 1. The van der Waals surface area contributed by atoms with Crippen molar-refractivity contribution < 1.29 is 5.11 Å². The average molecular weight is 280 g/mol. The minimum absolute atomic E-state index is 0.243. The van der Waals surface area contributed by atoms with Crippen LogP contribution in [0.15, 0.2) is 24.3 Å². The number of rotatable bonds is 4. The molecule has 1 N–H and O–H groups in total. The van der Waals surface area contributed by atoms with Crippen LogP contribution in [0.4, 0.5) is 5.69 Å². The molecule has 19 heavy (non-hydrogen) atoms. The molecule has 1 aromatic carbocycles. The fraction of sp³-hybridized carbons (Fsp3) is 0.600. The summed E-state index contributed by atoms with van der Waals surface area (Å²) >= 11 is 1.70. The summed E-state index contributed by atoms with van der Waals surface area (Å²) < 4.78 is 0. The number of benzene rings is 1. The van der Waals surface area contributed by atoms with Crippen LogP contribution in [-0.2, 0) is 6.54 Å². The van der Waals surface area contributed by atoms with Crippen LogP contribution < -0.4 is 4.90 Å². The van der Waals surface area contributed by atoms with Crippen molar-refractivity contribution in [3.63, 3.8) is 0 Å². The Bertz CT molecular complexity index is 413. The Hall–Kier alpha value is -0.710. The predicted molar refractivity (Wildman–Crippen MR) is 84.0 cm³/mol. The Morgan fingerprint density at radius 3 is 2.89 bits per heavy atom. The van der Waals surface area contributed by atoms with Gasteiger partial charge in [-0.15, -0.1) is 0 Å². The summed E-state index contributed by atoms with van der Waals surface area (Å²) in [5.74, 6) is 0.806. The number of hydrogen-bond acceptors (Lipinski definition) is 4. The molecule has 0 spiro atoms. The first-order chi connectivity index (χ1) is 9.11. The summed E-state index contributed by atoms with van der Waals surface area (Å²) in [6, 6.07) is 9.02. The molecule has 0 bridgehead atoms. The molecule has 2 atom stereocenters. The summed E-state index contributed by atoms with van der Waals surface area (Å²) in [5, 5.41) is 10.0. The molecule has 0 saturated heterocycles. The van der Waals surface area contributed by atoms with Crippen LogP contribution in [0.2, 0.25) is 0 Å². The maximum atomic E-state index is 10.0. The third-order valence-electron chi connectivity index (χ3n) is 3.74. The lowest BCUT2D eigenvalue weighted by atomic mass is 10.1. The molecule has 106 valence electrons. The summed E-state index contributed by atoms with van der Waals surface area (Å²) in [5.41, 5.74) is 2.67. The van der Waals surface area contributed by atoms with Gasteiger partial charge < -0.3 is 10.0 Å². The van der Waals surface area contributed by atoms with E-state index in [2.05, 4.69) is 48.0 Å². The van der Waals surface area contributed by atoms with E-state index in [1.54, 1.807) is 11.8 Å². The number of aliphatic hydroxyl groups is 1. The SMILES string of the molecule is CSCC(O)CN1Cc2ccccc2N(C)C[C@@H]1C. The van der Waals surface area contributed by atoms with E-state index in [4.69, 9.17) is 0 Å². The van der Waals surface area contributed by atoms with E-state index in [9.17, 15) is 5.11 Å². The van der Waals surface area contributed by atoms with Crippen LogP contribution in [0.25, 0.3) is 0 Å². The molecule has 1 unspecified atom stereocenters. The second-order valence-corrected chi connectivity index (χ2v) is 6.31. The Labute approximate surface area is 120 Å². The minimum atomic E-state index is -0.243. The molecule has 0 saturated carbocycles. The van der Waals surface area contributed by atoms with E-state index < -0.39 is 0 Å². The second kappa shape index (κ2) is 6.64. The Kier molecular flexibility index (Phi) is 5.13. The number of likely N-dealkylation sites (N-methyl/N-ethyl adjacent to an activating group) is 1. The lowest BCUT2D eigenvalue weighted by molar-refractivity contribution is 0.104. The quantitative estimate of drug-likeness (QED) is 0.913. The third kappa shape index (κ3) is 3.65. The molecule has 0 aromatic heterocycles. The normalized spacial score (nSPS) is 21.9. The van der Waals surface area contributed by atoms with E-state index in [1.807, 2.05) is 6.26 Å². The van der Waals surface area contributed by atoms with Crippen molar-refractivity contribution in [3.8, 4) is 0 Å². The van der Waals surface area contributed by atoms with Crippen molar-refractivity contribution in [2.45, 2.75) is 25.6 Å². The molecular formula is C15H24N2OS. The van der Waals surface area contributed by atoms with Crippen LogP contribution in [0, 0.1) is 0 Å². The van der Waals surface area contributed by atoms with Crippen molar-refractivity contribution in [2.75, 3.05) is 37.0 Å². The van der Waals surface area contributed by atoms with Gasteiger partial charge in [0.25, 0.3) is 0 Å². The minimum Gasteiger partial charge on any atom is -0.391 e. The van der Waals surface area contributed by atoms with Crippen LogP contribution in [0.5, 0.6) is 0 Å². The van der Waals surface area contributed by atoms with Crippen molar-refractivity contribution >= 4 is 17.4 Å². The molecule has 0 amide bonds. The molecular weight excluding hydrogens is 256 g/mol. The number of hydrogen-bond donors (Lipinski definition) is 1. The van der Waals surface area contributed by atoms with Crippen LogP contribution in [0.3, 0.4) is 0 Å². The standard InChI is InChI=1S/C15H24N2OS/c1-12-8-16(2)15-7-5-4-6-13(15)9-17(12)10-14(18)11-19-3/h4-7,12,14,18H,8-11H2,1-3H3/t12-,14?/m0/s1. The molecule has 1 heterocycles. The van der Waals surface area contributed by atoms with Gasteiger partial charge in [0.15, 0.2) is 0 Å². The van der Waals surface area contributed by atoms with Gasteiger partial charge in [-0.2, -0.15) is 11.8 Å². The zero-order valence-electron chi connectivity index (χ0n) is 12.0. The van der Waals surface area contributed by atoms with Gasteiger partial charge in [-0.25, -0.2) is 0 Å². The maximum absolute atomic E-state index is 10.0. The van der Waals surface area contributed by atoms with Gasteiger partial charge in [0.2, 0.25) is 0 Å². The van der Waals surface area contributed by atoms with Crippen LogP contribution in [0.1, 0.15) is 12.5 Å². The smallest absolute Gasteiger partial charge is 0.0757 e. The Balaban J connectivity index is 2.14. The van der Waals surface area contributed by atoms with Crippen molar-refractivity contribution in [2.24, 2.45) is 0 Å². The third-order valence-corrected chi connectivity index (χ3v) is 4.46. The topological polar surface area (TPSA) is 26.7 Å². The van der Waals surface area contributed by atoms with E-state index in [0.29, 0.717) is 6.04 Å². The summed E-state index contributed by atoms with van der Waals surface area (Å²) in [6.45, 7) is 4.93. The molecule has 4 heteroatoms. The molecule has 0 fully saturated rings. The maximum Gasteiger partial charge on any atom is 0.0757 e. The summed E-state index contributed by atoms with van der Waals surface area (Å²) in [6.07, 6.45) is 1.80. The summed E-state index contributed by atoms with van der Waals surface area (Å²) in [7, 11) is 2.15. The lowest BCUT2D eigenvalue weighted by Crippen LogP contribution is -2.42. The van der Waals surface area contributed by atoms with E-state index >= 15 is 0 Å². The van der Waals surface area contributed by atoms with Gasteiger partial charge in [0.1, 0.15) is 0 Å². The van der Waals surface area contributed by atoms with Gasteiger partial charge in [0.05, 0.1) is 6.10 Å². The predicted octanol–water partition coefficient (Wildman–Crippen LogP) is 2.05. The zero-order chi connectivity index (χ0) is 13.8. The fourth-order valence-electron chi connectivity index (χ4n) is 2.76. The van der Waals surface area contributed by atoms with Crippen molar-refractivity contribution in [3.05, 3.63) is 29.8 Å². The first-order valence-corrected chi connectivity index (χ1v) is 8.21. The molecule has 0 radical (unpaired) electrons. The highest BCUT2D eigenvalue weighted by molar-refractivity contribution is 7.98. The van der Waals surface area contributed by atoms with Crippen molar-refractivity contribution in [1.29, 1.82) is 0 Å². The van der Waals surface area contributed by atoms with Gasteiger partial charge in [-0.3, -0.25) is 4.90 Å². The molecule has 0 aliphatic carbocycles. The molecule has 3 nitrogen and oxygen atoms in total. The molecule has 1 aromatic rings. The van der Waals surface area contributed by atoms with Crippen molar-refractivity contribution in [1.82, 2.24) is 4.90 Å². The number of thioether (sulfide) groups is 1. The number of para-hydroxylation sites is 1. The number of β-amino-alcohol motifs (C(OH)–C–C–N with tert-alkyl or cyclic N) is 1. The van der Waals surface area contributed by atoms with Gasteiger partial charge in [-0.1, -0.05) is 18.2 Å². The first kappa shape index (κ1) is 14.7. The van der Waals surface area contributed by atoms with E-state index in [0.717, 1.165) is 25.4 Å². The largest absolute Gasteiger partial charge is 0.391 e. The second-order valence-electron chi connectivity index (χ2n) is 5.40. The first-order valence-electron chi connectivity index (χ1n) is 6.82. The lowest BCUT2D eigenvalue weighted by Gasteiger charge is -2.30. The monoisotopic (exact) mass is 280 g/mol. The number of fused-ring (bicyclic) bond motifs is 1. The van der Waals surface area contributed by atoms with Crippen LogP contribution in [-0.4, -0.2) is 54.3 Å². The van der Waals surface area contributed by atoms with E-state index in [-0.39, 0.29) is 6.10 Å². The number of anilines is 1. The highest BCUT2D eigenvalue weighted by Gasteiger charge is 2.24. The van der Waals surface area contributed by atoms with Crippen LogP contribution >= 0.6 is 11.8 Å². The van der Waals surface area contributed by atoms with Gasteiger partial charge in [-0.05, 0) is 24.8 Å². The van der Waals surface area contributed by atoms with Gasteiger partial charge >= 0.3 is 0 Å². The summed E-state index contributed by atoms with van der Waals surface area (Å²) in [4.78, 5) is 4.71. The number of nitrogens with zero attached hydrogens (tertiary/aromatic N) is 2. The van der Waals surface area contributed by atoms with E-state index in [1.165, 1.54) is 11.3 Å².